The van der Waals surface area contributed by atoms with Gasteiger partial charge in [-0.2, -0.15) is 8.42 Å². The molecule has 36 heavy (non-hydrogen) atoms. The van der Waals surface area contributed by atoms with Crippen molar-refractivity contribution < 1.29 is 17.9 Å². The summed E-state index contributed by atoms with van der Waals surface area (Å²) in [5, 5.41) is -0.215. The number of nitrogens with zero attached hydrogens (tertiary/aromatic N) is 4. The van der Waals surface area contributed by atoms with Crippen LogP contribution in [0.3, 0.4) is 0 Å². The van der Waals surface area contributed by atoms with Gasteiger partial charge in [0.15, 0.2) is 5.03 Å². The average molecular weight is 508 g/mol. The summed E-state index contributed by atoms with van der Waals surface area (Å²) in [5.41, 5.74) is 2.06. The van der Waals surface area contributed by atoms with Gasteiger partial charge in [0.25, 0.3) is 15.9 Å². The van der Waals surface area contributed by atoms with E-state index in [1.807, 2.05) is 19.9 Å². The summed E-state index contributed by atoms with van der Waals surface area (Å²) in [6, 6.07) is 11.5. The lowest BCUT2D eigenvalue weighted by atomic mass is 9.93. The minimum atomic E-state index is -4.12. The summed E-state index contributed by atoms with van der Waals surface area (Å²) in [7, 11) is -4.12. The van der Waals surface area contributed by atoms with E-state index in [0.29, 0.717) is 22.8 Å². The first-order valence-electron chi connectivity index (χ1n) is 12.1. The largest absolute Gasteiger partial charge is 0.475 e. The third-order valence-electron chi connectivity index (χ3n) is 6.73. The van der Waals surface area contributed by atoms with Crippen LogP contribution in [0.2, 0.25) is 0 Å². The molecule has 1 saturated heterocycles. The number of carbonyl (C=O) groups is 1. The number of rotatable bonds is 7. The zero-order chi connectivity index (χ0) is 25.3. The standard InChI is InChI=1S/C26H29N5O4S/c1-18(2)35-22-9-6-19(17-28-22)21-8-7-20(24(29-21)31-15-12-26(10-11-26)13-16-31)25(32)30-36(33,34)23-5-3-4-14-27-23/h3-9,14,17-18H,10-13,15-16H2,1-2H3,(H,30,32). The lowest BCUT2D eigenvalue weighted by Gasteiger charge is -2.34. The summed E-state index contributed by atoms with van der Waals surface area (Å²) in [6.45, 7) is 5.41. The number of pyridine rings is 3. The fourth-order valence-electron chi connectivity index (χ4n) is 4.48. The Labute approximate surface area is 211 Å². The van der Waals surface area contributed by atoms with E-state index in [1.54, 1.807) is 36.5 Å². The fraction of sp³-hybridized carbons (Fsp3) is 0.385. The van der Waals surface area contributed by atoms with Crippen LogP contribution in [-0.4, -0.2) is 48.5 Å². The number of hydrogen-bond donors (Lipinski definition) is 1. The van der Waals surface area contributed by atoms with Gasteiger partial charge in [-0.25, -0.2) is 19.7 Å². The highest BCUT2D eigenvalue weighted by molar-refractivity contribution is 7.90. The lowest BCUT2D eigenvalue weighted by molar-refractivity contribution is 0.0981. The van der Waals surface area contributed by atoms with Crippen molar-refractivity contribution in [1.29, 1.82) is 0 Å². The number of anilines is 1. The van der Waals surface area contributed by atoms with Gasteiger partial charge in [0.2, 0.25) is 5.88 Å². The number of nitrogens with one attached hydrogen (secondary N) is 1. The molecule has 1 N–H and O–H groups in total. The maximum absolute atomic E-state index is 13.2. The van der Waals surface area contributed by atoms with E-state index in [9.17, 15) is 13.2 Å². The normalized spacial score (nSPS) is 16.7. The first kappa shape index (κ1) is 24.2. The molecular weight excluding hydrogens is 478 g/mol. The van der Waals surface area contributed by atoms with E-state index in [4.69, 9.17) is 9.72 Å². The van der Waals surface area contributed by atoms with Crippen LogP contribution in [0.4, 0.5) is 5.82 Å². The summed E-state index contributed by atoms with van der Waals surface area (Å²) in [4.78, 5) is 28.4. The van der Waals surface area contributed by atoms with Crippen LogP contribution in [0.1, 0.15) is 49.9 Å². The summed E-state index contributed by atoms with van der Waals surface area (Å²) >= 11 is 0. The fourth-order valence-corrected chi connectivity index (χ4v) is 5.39. The molecule has 1 amide bonds. The van der Waals surface area contributed by atoms with Crippen LogP contribution < -0.4 is 14.4 Å². The topological polar surface area (TPSA) is 114 Å². The van der Waals surface area contributed by atoms with Gasteiger partial charge in [0.1, 0.15) is 5.82 Å². The highest BCUT2D eigenvalue weighted by Crippen LogP contribution is 2.54. The minimum absolute atomic E-state index is 0.0158. The molecule has 10 heteroatoms. The Morgan fingerprint density at radius 1 is 1.03 bits per heavy atom. The van der Waals surface area contributed by atoms with Crippen molar-refractivity contribution in [2.75, 3.05) is 18.0 Å². The maximum Gasteiger partial charge on any atom is 0.281 e. The molecule has 4 heterocycles. The second-order valence-electron chi connectivity index (χ2n) is 9.71. The number of sulfonamides is 1. The van der Waals surface area contributed by atoms with E-state index in [1.165, 1.54) is 25.1 Å². The van der Waals surface area contributed by atoms with Crippen LogP contribution in [-0.2, 0) is 10.0 Å². The van der Waals surface area contributed by atoms with Crippen LogP contribution in [0.15, 0.2) is 59.9 Å². The molecule has 0 radical (unpaired) electrons. The van der Waals surface area contributed by atoms with Crippen LogP contribution in [0.25, 0.3) is 11.3 Å². The van der Waals surface area contributed by atoms with Crippen molar-refractivity contribution >= 4 is 21.7 Å². The van der Waals surface area contributed by atoms with Crippen molar-refractivity contribution in [2.24, 2.45) is 5.41 Å². The number of amides is 1. The maximum atomic E-state index is 13.2. The number of piperidine rings is 1. The van der Waals surface area contributed by atoms with Crippen LogP contribution >= 0.6 is 0 Å². The molecule has 2 aliphatic rings. The number of hydrogen-bond acceptors (Lipinski definition) is 8. The molecule has 3 aromatic heterocycles. The molecule has 2 fully saturated rings. The van der Waals surface area contributed by atoms with Gasteiger partial charge in [0, 0.05) is 37.1 Å². The first-order valence-corrected chi connectivity index (χ1v) is 13.6. The molecule has 0 atom stereocenters. The van der Waals surface area contributed by atoms with Gasteiger partial charge in [-0.15, -0.1) is 0 Å². The van der Waals surface area contributed by atoms with Gasteiger partial charge in [-0.3, -0.25) is 4.79 Å². The molecule has 0 unspecified atom stereocenters. The second-order valence-corrected chi connectivity index (χ2v) is 11.3. The van der Waals surface area contributed by atoms with Gasteiger partial charge in [0.05, 0.1) is 17.4 Å². The quantitative estimate of drug-likeness (QED) is 0.513. The zero-order valence-electron chi connectivity index (χ0n) is 20.3. The average Bonchev–Trinajstić information content (AvgIpc) is 3.63. The van der Waals surface area contributed by atoms with Crippen molar-refractivity contribution in [1.82, 2.24) is 19.7 Å². The van der Waals surface area contributed by atoms with E-state index >= 15 is 0 Å². The smallest absolute Gasteiger partial charge is 0.281 e. The Hall–Kier alpha value is -3.53. The molecule has 0 aromatic carbocycles. The van der Waals surface area contributed by atoms with Crippen molar-refractivity contribution in [2.45, 2.75) is 50.7 Å². The molecule has 1 spiro atoms. The minimum Gasteiger partial charge on any atom is -0.475 e. The van der Waals surface area contributed by atoms with E-state index in [-0.39, 0.29) is 16.7 Å². The number of carbonyl (C=O) groups excluding carboxylic acids is 1. The molecule has 1 saturated carbocycles. The number of ether oxygens (including phenoxy) is 1. The second kappa shape index (κ2) is 9.50. The predicted octanol–water partition coefficient (Wildman–Crippen LogP) is 3.82. The third-order valence-corrected chi connectivity index (χ3v) is 7.98. The SMILES string of the molecule is CC(C)Oc1ccc(-c2ccc(C(=O)NS(=O)(=O)c3ccccn3)c(N3CCC4(CC3)CC4)n2)cn1. The van der Waals surface area contributed by atoms with E-state index < -0.39 is 15.9 Å². The molecule has 3 aromatic rings. The predicted molar refractivity (Wildman–Crippen MR) is 135 cm³/mol. The highest BCUT2D eigenvalue weighted by atomic mass is 32.2. The van der Waals surface area contributed by atoms with Crippen molar-refractivity contribution in [3.8, 4) is 17.1 Å². The Balaban J connectivity index is 1.46. The van der Waals surface area contributed by atoms with Crippen LogP contribution in [0, 0.1) is 5.41 Å². The Morgan fingerprint density at radius 2 is 1.81 bits per heavy atom. The summed E-state index contributed by atoms with van der Waals surface area (Å²) in [5.74, 6) is 0.259. The van der Waals surface area contributed by atoms with E-state index in [2.05, 4.69) is 19.6 Å². The monoisotopic (exact) mass is 507 g/mol. The molecule has 188 valence electrons. The highest BCUT2D eigenvalue weighted by Gasteiger charge is 2.45. The van der Waals surface area contributed by atoms with Gasteiger partial charge in [-0.05, 0) is 75.3 Å². The Bertz CT molecular complexity index is 1350. The van der Waals surface area contributed by atoms with Crippen molar-refractivity contribution in [3.05, 3.63) is 60.4 Å². The van der Waals surface area contributed by atoms with Gasteiger partial charge in [-0.1, -0.05) is 6.07 Å². The molecule has 1 aliphatic carbocycles. The lowest BCUT2D eigenvalue weighted by Crippen LogP contribution is -2.38. The van der Waals surface area contributed by atoms with Crippen molar-refractivity contribution in [3.63, 3.8) is 0 Å². The summed E-state index contributed by atoms with van der Waals surface area (Å²) < 4.78 is 33.3. The molecular formula is C26H29N5O4S. The van der Waals surface area contributed by atoms with Crippen LogP contribution in [0.5, 0.6) is 5.88 Å². The molecule has 5 rings (SSSR count). The molecule has 1 aliphatic heterocycles. The third kappa shape index (κ3) is 5.18. The Kier molecular flexibility index (Phi) is 6.38. The number of aromatic nitrogens is 3. The molecule has 9 nitrogen and oxygen atoms in total. The molecule has 0 bridgehead atoms. The zero-order valence-corrected chi connectivity index (χ0v) is 21.2. The van der Waals surface area contributed by atoms with Gasteiger partial charge >= 0.3 is 0 Å². The van der Waals surface area contributed by atoms with Gasteiger partial charge < -0.3 is 9.64 Å². The summed E-state index contributed by atoms with van der Waals surface area (Å²) in [6.07, 6.45) is 7.64. The first-order chi connectivity index (χ1) is 17.2. The Morgan fingerprint density at radius 3 is 2.42 bits per heavy atom. The van der Waals surface area contributed by atoms with E-state index in [0.717, 1.165) is 31.5 Å².